The van der Waals surface area contributed by atoms with Crippen LogP contribution in [-0.4, -0.2) is 10.8 Å². The second-order valence-corrected chi connectivity index (χ2v) is 5.62. The van der Waals surface area contributed by atoms with E-state index in [1.165, 1.54) is 17.4 Å². The van der Waals surface area contributed by atoms with Gasteiger partial charge in [-0.1, -0.05) is 6.07 Å². The summed E-state index contributed by atoms with van der Waals surface area (Å²) in [6.07, 6.45) is 0.166. The van der Waals surface area contributed by atoms with Crippen LogP contribution in [0.5, 0.6) is 0 Å². The number of carbonyl (C=O) groups is 1. The van der Waals surface area contributed by atoms with Crippen molar-refractivity contribution in [3.63, 3.8) is 0 Å². The van der Waals surface area contributed by atoms with Gasteiger partial charge in [0.1, 0.15) is 10.8 Å². The predicted molar refractivity (Wildman–Crippen MR) is 70.8 cm³/mol. The van der Waals surface area contributed by atoms with Crippen LogP contribution in [0.4, 0.5) is 4.39 Å². The number of hydrogen-bond donors (Lipinski definition) is 0. The van der Waals surface area contributed by atoms with Crippen LogP contribution in [0.1, 0.15) is 31.5 Å². The lowest BCUT2D eigenvalue weighted by Crippen LogP contribution is -2.06. The Balaban J connectivity index is 2.22. The smallest absolute Gasteiger partial charge is 0.172 e. The Morgan fingerprint density at radius 1 is 1.33 bits per heavy atom. The first-order chi connectivity index (χ1) is 8.47. The number of carbonyl (C=O) groups excluding carboxylic acids is 1. The van der Waals surface area contributed by atoms with Gasteiger partial charge in [-0.25, -0.2) is 9.37 Å². The zero-order valence-electron chi connectivity index (χ0n) is 10.6. The molecule has 0 amide bonds. The Morgan fingerprint density at radius 2 is 2.06 bits per heavy atom. The lowest BCUT2D eigenvalue weighted by Gasteiger charge is -2.01. The van der Waals surface area contributed by atoms with Gasteiger partial charge in [0.05, 0.1) is 17.7 Å². The molecule has 0 aliphatic heterocycles. The van der Waals surface area contributed by atoms with Gasteiger partial charge in [-0.2, -0.15) is 0 Å². The Morgan fingerprint density at radius 3 is 2.61 bits per heavy atom. The van der Waals surface area contributed by atoms with Gasteiger partial charge < -0.3 is 0 Å². The van der Waals surface area contributed by atoms with E-state index in [2.05, 4.69) is 4.98 Å². The number of thiazole rings is 1. The Hall–Kier alpha value is -1.55. The molecule has 1 aromatic heterocycles. The number of halogens is 1. The Bertz CT molecular complexity index is 584. The highest BCUT2D eigenvalue weighted by molar-refractivity contribution is 7.11. The highest BCUT2D eigenvalue weighted by Crippen LogP contribution is 2.19. The lowest BCUT2D eigenvalue weighted by molar-refractivity contribution is 0.0989. The van der Waals surface area contributed by atoms with E-state index in [1.54, 1.807) is 19.1 Å². The number of Topliss-reactive ketones (excluding diaryl/α,β-unsaturated/α-hetero) is 1. The Kier molecular flexibility index (Phi) is 3.57. The molecule has 0 aliphatic rings. The van der Waals surface area contributed by atoms with Crippen LogP contribution in [0.15, 0.2) is 18.2 Å². The van der Waals surface area contributed by atoms with Crippen LogP contribution in [0.3, 0.4) is 0 Å². The highest BCUT2D eigenvalue weighted by Gasteiger charge is 2.14. The molecule has 1 aromatic carbocycles. The predicted octanol–water partition coefficient (Wildman–Crippen LogP) is 3.63. The van der Waals surface area contributed by atoms with Crippen molar-refractivity contribution in [3.05, 3.63) is 50.7 Å². The van der Waals surface area contributed by atoms with E-state index in [4.69, 9.17) is 0 Å². The summed E-state index contributed by atoms with van der Waals surface area (Å²) in [5.41, 5.74) is 1.89. The molecule has 0 bridgehead atoms. The summed E-state index contributed by atoms with van der Waals surface area (Å²) in [6, 6.07) is 4.67. The maximum atomic E-state index is 13.7. The van der Waals surface area contributed by atoms with E-state index in [0.29, 0.717) is 0 Å². The standard InChI is InChI=1S/C14H14FNOS/c1-8-4-5-11(12(15)6-8)13(17)7-14-16-9(2)10(3)18-14/h4-6H,7H2,1-3H3. The number of nitrogens with zero attached hydrogens (tertiary/aromatic N) is 1. The van der Waals surface area contributed by atoms with Crippen molar-refractivity contribution in [2.24, 2.45) is 0 Å². The molecule has 2 rings (SSSR count). The largest absolute Gasteiger partial charge is 0.294 e. The minimum atomic E-state index is -0.454. The molecule has 0 radical (unpaired) electrons. The quantitative estimate of drug-likeness (QED) is 0.791. The molecule has 0 N–H and O–H groups in total. The molecule has 18 heavy (non-hydrogen) atoms. The summed E-state index contributed by atoms with van der Waals surface area (Å²) in [5, 5.41) is 0.745. The molecular formula is C14H14FNOS. The van der Waals surface area contributed by atoms with Crippen LogP contribution < -0.4 is 0 Å². The molecule has 1 heterocycles. The molecule has 0 spiro atoms. The van der Waals surface area contributed by atoms with Crippen molar-refractivity contribution in [2.45, 2.75) is 27.2 Å². The minimum Gasteiger partial charge on any atom is -0.294 e. The number of aryl methyl sites for hydroxylation is 3. The maximum Gasteiger partial charge on any atom is 0.172 e. The van der Waals surface area contributed by atoms with Gasteiger partial charge in [-0.3, -0.25) is 4.79 Å². The zero-order chi connectivity index (χ0) is 13.3. The van der Waals surface area contributed by atoms with Crippen LogP contribution in [-0.2, 0) is 6.42 Å². The minimum absolute atomic E-state index is 0.145. The van der Waals surface area contributed by atoms with Gasteiger partial charge in [0.2, 0.25) is 0 Å². The third kappa shape index (κ3) is 2.64. The molecule has 0 fully saturated rings. The molecule has 2 aromatic rings. The lowest BCUT2D eigenvalue weighted by atomic mass is 10.1. The number of hydrogen-bond acceptors (Lipinski definition) is 3. The van der Waals surface area contributed by atoms with Gasteiger partial charge >= 0.3 is 0 Å². The van der Waals surface area contributed by atoms with Crippen LogP contribution in [0.2, 0.25) is 0 Å². The summed E-state index contributed by atoms with van der Waals surface area (Å²) in [5.74, 6) is -0.675. The highest BCUT2D eigenvalue weighted by atomic mass is 32.1. The summed E-state index contributed by atoms with van der Waals surface area (Å²) in [4.78, 5) is 17.4. The fourth-order valence-electron chi connectivity index (χ4n) is 1.69. The van der Waals surface area contributed by atoms with E-state index in [9.17, 15) is 9.18 Å². The molecule has 0 unspecified atom stereocenters. The van der Waals surface area contributed by atoms with E-state index >= 15 is 0 Å². The van der Waals surface area contributed by atoms with Gasteiger partial charge in [-0.15, -0.1) is 11.3 Å². The van der Waals surface area contributed by atoms with Gasteiger partial charge in [0.25, 0.3) is 0 Å². The number of ketones is 1. The van der Waals surface area contributed by atoms with E-state index < -0.39 is 5.82 Å². The average Bonchev–Trinajstić information content (AvgIpc) is 2.57. The first-order valence-corrected chi connectivity index (χ1v) is 6.51. The molecule has 0 saturated carbocycles. The van der Waals surface area contributed by atoms with Crippen molar-refractivity contribution >= 4 is 17.1 Å². The summed E-state index contributed by atoms with van der Waals surface area (Å²) >= 11 is 1.49. The zero-order valence-corrected chi connectivity index (χ0v) is 11.4. The Labute approximate surface area is 110 Å². The third-order valence-corrected chi connectivity index (χ3v) is 3.88. The SMILES string of the molecule is Cc1ccc(C(=O)Cc2nc(C)c(C)s2)c(F)c1. The van der Waals surface area contributed by atoms with Crippen molar-refractivity contribution in [1.29, 1.82) is 0 Å². The topological polar surface area (TPSA) is 30.0 Å². The maximum absolute atomic E-state index is 13.7. The molecule has 2 nitrogen and oxygen atoms in total. The molecule has 4 heteroatoms. The normalized spacial score (nSPS) is 10.7. The molecular weight excluding hydrogens is 249 g/mol. The fourth-order valence-corrected chi connectivity index (χ4v) is 2.63. The van der Waals surface area contributed by atoms with Gasteiger partial charge in [0.15, 0.2) is 5.78 Å². The van der Waals surface area contributed by atoms with E-state index in [0.717, 1.165) is 21.1 Å². The molecule has 0 aliphatic carbocycles. The van der Waals surface area contributed by atoms with Gasteiger partial charge in [0, 0.05) is 4.88 Å². The van der Waals surface area contributed by atoms with Crippen LogP contribution in [0, 0.1) is 26.6 Å². The number of rotatable bonds is 3. The van der Waals surface area contributed by atoms with Crippen molar-refractivity contribution in [1.82, 2.24) is 4.98 Å². The average molecular weight is 263 g/mol. The molecule has 0 saturated heterocycles. The van der Waals surface area contributed by atoms with E-state index in [-0.39, 0.29) is 17.8 Å². The summed E-state index contributed by atoms with van der Waals surface area (Å²) in [6.45, 7) is 5.67. The summed E-state index contributed by atoms with van der Waals surface area (Å²) < 4.78 is 13.7. The summed E-state index contributed by atoms with van der Waals surface area (Å²) in [7, 11) is 0. The second-order valence-electron chi connectivity index (χ2n) is 4.33. The molecule has 0 atom stereocenters. The third-order valence-electron chi connectivity index (χ3n) is 2.81. The van der Waals surface area contributed by atoms with Crippen LogP contribution in [0.25, 0.3) is 0 Å². The van der Waals surface area contributed by atoms with Gasteiger partial charge in [-0.05, 0) is 38.5 Å². The monoisotopic (exact) mass is 263 g/mol. The first kappa shape index (κ1) is 12.9. The van der Waals surface area contributed by atoms with E-state index in [1.807, 2.05) is 13.8 Å². The van der Waals surface area contributed by atoms with Crippen molar-refractivity contribution in [2.75, 3.05) is 0 Å². The first-order valence-electron chi connectivity index (χ1n) is 5.69. The molecule has 94 valence electrons. The number of aromatic nitrogens is 1. The van der Waals surface area contributed by atoms with Crippen molar-refractivity contribution < 1.29 is 9.18 Å². The van der Waals surface area contributed by atoms with Crippen LogP contribution >= 0.6 is 11.3 Å². The fraction of sp³-hybridized carbons (Fsp3) is 0.286. The van der Waals surface area contributed by atoms with Crippen molar-refractivity contribution in [3.8, 4) is 0 Å². The number of benzene rings is 1. The second kappa shape index (κ2) is 4.98.